The highest BCUT2D eigenvalue weighted by Gasteiger charge is 2.13. The van der Waals surface area contributed by atoms with Gasteiger partial charge in [0.15, 0.2) is 0 Å². The van der Waals surface area contributed by atoms with Crippen LogP contribution in [0.15, 0.2) is 36.4 Å². The maximum absolute atomic E-state index is 4.75. The van der Waals surface area contributed by atoms with Crippen LogP contribution >= 0.6 is 0 Å². The van der Waals surface area contributed by atoms with E-state index in [1.54, 1.807) is 0 Å². The van der Waals surface area contributed by atoms with Crippen molar-refractivity contribution in [2.75, 3.05) is 18.5 Å². The molecule has 0 bridgehead atoms. The van der Waals surface area contributed by atoms with Crippen molar-refractivity contribution < 1.29 is 0 Å². The number of rotatable bonds is 5. The minimum absolute atomic E-state index is 0.849. The monoisotopic (exact) mass is 269 g/mol. The molecular formula is C17H23N3. The van der Waals surface area contributed by atoms with Gasteiger partial charge in [-0.15, -0.1) is 0 Å². The summed E-state index contributed by atoms with van der Waals surface area (Å²) in [5.74, 6) is 1.04. The number of pyridine rings is 1. The van der Waals surface area contributed by atoms with E-state index in [4.69, 9.17) is 4.98 Å². The normalized spacial score (nSPS) is 10.6. The van der Waals surface area contributed by atoms with Crippen LogP contribution < -0.4 is 10.2 Å². The first-order valence-corrected chi connectivity index (χ1v) is 7.10. The molecular weight excluding hydrogens is 246 g/mol. The third-order valence-corrected chi connectivity index (χ3v) is 3.47. The fourth-order valence-corrected chi connectivity index (χ4v) is 2.36. The summed E-state index contributed by atoms with van der Waals surface area (Å²) in [5, 5.41) is 3.40. The van der Waals surface area contributed by atoms with E-state index in [9.17, 15) is 0 Å². The van der Waals surface area contributed by atoms with Crippen molar-refractivity contribution in [3.8, 4) is 0 Å². The molecule has 106 valence electrons. The highest BCUT2D eigenvalue weighted by molar-refractivity contribution is 5.63. The van der Waals surface area contributed by atoms with Gasteiger partial charge in [0.2, 0.25) is 0 Å². The molecule has 0 radical (unpaired) electrons. The number of aryl methyl sites for hydroxylation is 2. The Labute approximate surface area is 121 Å². The van der Waals surface area contributed by atoms with Crippen molar-refractivity contribution in [1.82, 2.24) is 10.3 Å². The number of para-hydroxylation sites is 1. The molecule has 0 aliphatic heterocycles. The molecule has 1 aromatic carbocycles. The third kappa shape index (κ3) is 3.17. The van der Waals surface area contributed by atoms with Gasteiger partial charge in [-0.1, -0.05) is 25.1 Å². The third-order valence-electron chi connectivity index (χ3n) is 3.47. The topological polar surface area (TPSA) is 28.2 Å². The molecule has 2 aromatic rings. The highest BCUT2D eigenvalue weighted by atomic mass is 15.2. The lowest BCUT2D eigenvalue weighted by Crippen LogP contribution is -2.19. The number of benzene rings is 1. The molecule has 0 saturated heterocycles. The minimum Gasteiger partial charge on any atom is -0.329 e. The summed E-state index contributed by atoms with van der Waals surface area (Å²) in [4.78, 5) is 6.91. The molecule has 1 aromatic heterocycles. The van der Waals surface area contributed by atoms with E-state index in [0.29, 0.717) is 0 Å². The minimum atomic E-state index is 0.849. The van der Waals surface area contributed by atoms with Gasteiger partial charge in [0, 0.05) is 30.5 Å². The van der Waals surface area contributed by atoms with Gasteiger partial charge in [0.05, 0.1) is 0 Å². The molecule has 0 atom stereocenters. The lowest BCUT2D eigenvalue weighted by molar-refractivity contribution is 0.719. The lowest BCUT2D eigenvalue weighted by atomic mass is 10.1. The van der Waals surface area contributed by atoms with Gasteiger partial charge >= 0.3 is 0 Å². The molecule has 0 fully saturated rings. The Hall–Kier alpha value is -1.87. The number of aromatic nitrogens is 1. The smallest absolute Gasteiger partial charge is 0.137 e. The van der Waals surface area contributed by atoms with Crippen molar-refractivity contribution in [2.24, 2.45) is 0 Å². The van der Waals surface area contributed by atoms with Crippen molar-refractivity contribution in [3.05, 3.63) is 53.2 Å². The highest BCUT2D eigenvalue weighted by Crippen LogP contribution is 2.27. The number of hydrogen-bond acceptors (Lipinski definition) is 3. The summed E-state index contributed by atoms with van der Waals surface area (Å²) < 4.78 is 0. The molecule has 3 nitrogen and oxygen atoms in total. The number of nitrogens with one attached hydrogen (secondary N) is 1. The standard InChI is InChI=1S/C17H23N3/c1-5-18-12-16-13(2)11-14(3)19-17(16)20(4)15-9-7-6-8-10-15/h6-11,18H,5,12H2,1-4H3. The molecule has 0 saturated carbocycles. The average Bonchev–Trinajstić information content (AvgIpc) is 2.46. The maximum Gasteiger partial charge on any atom is 0.137 e. The van der Waals surface area contributed by atoms with Crippen LogP contribution in [0.1, 0.15) is 23.7 Å². The van der Waals surface area contributed by atoms with Crippen LogP contribution in [-0.4, -0.2) is 18.6 Å². The second-order valence-electron chi connectivity index (χ2n) is 5.06. The Kier molecular flexibility index (Phi) is 4.74. The van der Waals surface area contributed by atoms with Gasteiger partial charge in [0.25, 0.3) is 0 Å². The quantitative estimate of drug-likeness (QED) is 0.899. The van der Waals surface area contributed by atoms with Crippen LogP contribution in [-0.2, 0) is 6.54 Å². The van der Waals surface area contributed by atoms with Crippen molar-refractivity contribution in [2.45, 2.75) is 27.3 Å². The molecule has 0 spiro atoms. The first kappa shape index (κ1) is 14.5. The maximum atomic E-state index is 4.75. The van der Waals surface area contributed by atoms with Gasteiger partial charge in [-0.05, 0) is 44.2 Å². The molecule has 2 rings (SSSR count). The van der Waals surface area contributed by atoms with Gasteiger partial charge in [-0.3, -0.25) is 0 Å². The van der Waals surface area contributed by atoms with Crippen LogP contribution in [0.3, 0.4) is 0 Å². The molecule has 1 N–H and O–H groups in total. The summed E-state index contributed by atoms with van der Waals surface area (Å²) in [6.45, 7) is 8.14. The molecule has 20 heavy (non-hydrogen) atoms. The summed E-state index contributed by atoms with van der Waals surface area (Å²) in [6.07, 6.45) is 0. The second-order valence-corrected chi connectivity index (χ2v) is 5.06. The van der Waals surface area contributed by atoms with Gasteiger partial charge < -0.3 is 10.2 Å². The molecule has 1 heterocycles. The van der Waals surface area contributed by atoms with Gasteiger partial charge in [-0.2, -0.15) is 0 Å². The Morgan fingerprint density at radius 3 is 2.50 bits per heavy atom. The zero-order valence-electron chi connectivity index (χ0n) is 12.8. The molecule has 0 aliphatic rings. The zero-order valence-corrected chi connectivity index (χ0v) is 12.8. The Balaban J connectivity index is 2.43. The van der Waals surface area contributed by atoms with E-state index in [1.807, 2.05) is 13.0 Å². The van der Waals surface area contributed by atoms with E-state index >= 15 is 0 Å². The van der Waals surface area contributed by atoms with E-state index in [2.05, 4.69) is 61.4 Å². The zero-order chi connectivity index (χ0) is 14.5. The second kappa shape index (κ2) is 6.53. The predicted molar refractivity (Wildman–Crippen MR) is 85.6 cm³/mol. The van der Waals surface area contributed by atoms with Crippen LogP contribution in [0.4, 0.5) is 11.5 Å². The number of hydrogen-bond donors (Lipinski definition) is 1. The summed E-state index contributed by atoms with van der Waals surface area (Å²) in [7, 11) is 2.08. The molecule has 3 heteroatoms. The van der Waals surface area contributed by atoms with Crippen molar-refractivity contribution >= 4 is 11.5 Å². The Morgan fingerprint density at radius 2 is 1.85 bits per heavy atom. The van der Waals surface area contributed by atoms with Gasteiger partial charge in [-0.25, -0.2) is 4.98 Å². The lowest BCUT2D eigenvalue weighted by Gasteiger charge is -2.23. The summed E-state index contributed by atoms with van der Waals surface area (Å²) in [6, 6.07) is 12.5. The average molecular weight is 269 g/mol. The van der Waals surface area contributed by atoms with Crippen LogP contribution in [0, 0.1) is 13.8 Å². The van der Waals surface area contributed by atoms with Crippen LogP contribution in [0.2, 0.25) is 0 Å². The van der Waals surface area contributed by atoms with Crippen LogP contribution in [0.25, 0.3) is 0 Å². The molecule has 0 amide bonds. The predicted octanol–water partition coefficient (Wildman–Crippen LogP) is 3.58. The first-order chi connectivity index (χ1) is 9.63. The number of anilines is 2. The fraction of sp³-hybridized carbons (Fsp3) is 0.353. The van der Waals surface area contributed by atoms with Gasteiger partial charge in [0.1, 0.15) is 5.82 Å². The van der Waals surface area contributed by atoms with E-state index in [-0.39, 0.29) is 0 Å². The van der Waals surface area contributed by atoms with Crippen LogP contribution in [0.5, 0.6) is 0 Å². The van der Waals surface area contributed by atoms with Crippen molar-refractivity contribution in [1.29, 1.82) is 0 Å². The van der Waals surface area contributed by atoms with E-state index in [1.165, 1.54) is 11.1 Å². The Bertz CT molecular complexity index is 564. The SMILES string of the molecule is CCNCc1c(C)cc(C)nc1N(C)c1ccccc1. The first-order valence-electron chi connectivity index (χ1n) is 7.10. The number of nitrogens with zero attached hydrogens (tertiary/aromatic N) is 2. The summed E-state index contributed by atoms with van der Waals surface area (Å²) >= 11 is 0. The van der Waals surface area contributed by atoms with E-state index < -0.39 is 0 Å². The summed E-state index contributed by atoms with van der Waals surface area (Å²) in [5.41, 5.74) is 4.77. The molecule has 0 unspecified atom stereocenters. The fourth-order valence-electron chi connectivity index (χ4n) is 2.36. The van der Waals surface area contributed by atoms with E-state index in [0.717, 1.165) is 30.3 Å². The largest absolute Gasteiger partial charge is 0.329 e. The Morgan fingerprint density at radius 1 is 1.15 bits per heavy atom. The molecule has 0 aliphatic carbocycles. The van der Waals surface area contributed by atoms with Crippen molar-refractivity contribution in [3.63, 3.8) is 0 Å².